The number of pyridine rings is 1. The molecule has 1 fully saturated rings. The number of nitrogens with zero attached hydrogens (tertiary/aromatic N) is 3. The van der Waals surface area contributed by atoms with E-state index in [9.17, 15) is 4.79 Å². The quantitative estimate of drug-likeness (QED) is 0.615. The number of hydrogen-bond acceptors (Lipinski definition) is 7. The van der Waals surface area contributed by atoms with Gasteiger partial charge in [-0.1, -0.05) is 6.92 Å². The standard InChI is InChI=1S/C20H26N4O3/c1-3-20(21,19(25)26-2)27-18-6-4-16(5-7-18)23-12-14-24(15-13-23)17-8-10-22-11-9-17/h4-11H,3,12-15,21H2,1-2H3. The van der Waals surface area contributed by atoms with Crippen molar-refractivity contribution in [2.45, 2.75) is 19.1 Å². The van der Waals surface area contributed by atoms with Crippen molar-refractivity contribution in [1.82, 2.24) is 4.98 Å². The Morgan fingerprint density at radius 1 is 1.04 bits per heavy atom. The Labute approximate surface area is 159 Å². The number of esters is 1. The fraction of sp³-hybridized carbons (Fsp3) is 0.400. The van der Waals surface area contributed by atoms with Crippen LogP contribution < -0.4 is 20.3 Å². The molecule has 0 bridgehead atoms. The fourth-order valence-corrected chi connectivity index (χ4v) is 3.14. The van der Waals surface area contributed by atoms with E-state index >= 15 is 0 Å². The molecule has 1 aliphatic heterocycles. The van der Waals surface area contributed by atoms with Crippen LogP contribution in [0.5, 0.6) is 5.75 Å². The third-order valence-corrected chi connectivity index (χ3v) is 4.87. The van der Waals surface area contributed by atoms with E-state index in [4.69, 9.17) is 15.2 Å². The van der Waals surface area contributed by atoms with Crippen LogP contribution in [0.2, 0.25) is 0 Å². The summed E-state index contributed by atoms with van der Waals surface area (Å²) >= 11 is 0. The monoisotopic (exact) mass is 370 g/mol. The predicted octanol–water partition coefficient (Wildman–Crippen LogP) is 2.02. The van der Waals surface area contributed by atoms with Crippen LogP contribution in [0.1, 0.15) is 13.3 Å². The molecular formula is C20H26N4O3. The minimum absolute atomic E-state index is 0.318. The SMILES string of the molecule is CCC(N)(Oc1ccc(N2CCN(c3ccncc3)CC2)cc1)C(=O)OC. The van der Waals surface area contributed by atoms with Crippen LogP contribution in [-0.2, 0) is 9.53 Å². The van der Waals surface area contributed by atoms with Crippen molar-refractivity contribution in [1.29, 1.82) is 0 Å². The largest absolute Gasteiger partial charge is 0.465 e. The minimum Gasteiger partial charge on any atom is -0.465 e. The second-order valence-electron chi connectivity index (χ2n) is 6.51. The molecule has 0 aliphatic carbocycles. The highest BCUT2D eigenvalue weighted by Gasteiger charge is 2.36. The number of hydrogen-bond donors (Lipinski definition) is 1. The van der Waals surface area contributed by atoms with E-state index < -0.39 is 11.7 Å². The molecule has 0 saturated carbocycles. The number of anilines is 2. The highest BCUT2D eigenvalue weighted by molar-refractivity contribution is 5.79. The molecular weight excluding hydrogens is 344 g/mol. The van der Waals surface area contributed by atoms with Gasteiger partial charge in [-0.25, -0.2) is 4.79 Å². The predicted molar refractivity (Wildman–Crippen MR) is 105 cm³/mol. The van der Waals surface area contributed by atoms with Gasteiger partial charge in [-0.15, -0.1) is 0 Å². The molecule has 0 amide bonds. The van der Waals surface area contributed by atoms with Gasteiger partial charge < -0.3 is 19.3 Å². The number of methoxy groups -OCH3 is 1. The van der Waals surface area contributed by atoms with E-state index in [2.05, 4.69) is 14.8 Å². The molecule has 1 saturated heterocycles. The Morgan fingerprint density at radius 3 is 2.04 bits per heavy atom. The molecule has 0 spiro atoms. The highest BCUT2D eigenvalue weighted by atomic mass is 16.6. The molecule has 1 aromatic carbocycles. The fourth-order valence-electron chi connectivity index (χ4n) is 3.14. The number of carbonyl (C=O) groups excluding carboxylic acids is 1. The number of piperazine rings is 1. The third kappa shape index (κ3) is 4.31. The maximum absolute atomic E-state index is 11.8. The molecule has 1 aromatic heterocycles. The lowest BCUT2D eigenvalue weighted by molar-refractivity contribution is -0.159. The highest BCUT2D eigenvalue weighted by Crippen LogP contribution is 2.25. The lowest BCUT2D eigenvalue weighted by Crippen LogP contribution is -2.53. The van der Waals surface area contributed by atoms with Crippen LogP contribution in [0.25, 0.3) is 0 Å². The number of nitrogens with two attached hydrogens (primary N) is 1. The Morgan fingerprint density at radius 2 is 1.56 bits per heavy atom. The molecule has 7 nitrogen and oxygen atoms in total. The molecule has 2 heterocycles. The third-order valence-electron chi connectivity index (χ3n) is 4.87. The lowest BCUT2D eigenvalue weighted by atomic mass is 10.1. The van der Waals surface area contributed by atoms with Gasteiger partial charge in [0.05, 0.1) is 7.11 Å². The Bertz CT molecular complexity index is 746. The average Bonchev–Trinajstić information content (AvgIpc) is 2.74. The molecule has 2 N–H and O–H groups in total. The first kappa shape index (κ1) is 19.0. The second-order valence-corrected chi connectivity index (χ2v) is 6.51. The molecule has 1 unspecified atom stereocenters. The van der Waals surface area contributed by atoms with Crippen molar-refractivity contribution >= 4 is 17.3 Å². The summed E-state index contributed by atoms with van der Waals surface area (Å²) in [5.41, 5.74) is 6.87. The van der Waals surface area contributed by atoms with E-state index in [0.717, 1.165) is 31.9 Å². The first-order chi connectivity index (χ1) is 13.1. The molecule has 1 atom stereocenters. The van der Waals surface area contributed by atoms with E-state index in [-0.39, 0.29) is 0 Å². The van der Waals surface area contributed by atoms with Crippen molar-refractivity contribution in [3.63, 3.8) is 0 Å². The molecule has 3 rings (SSSR count). The van der Waals surface area contributed by atoms with Crippen LogP contribution in [0.4, 0.5) is 11.4 Å². The number of ether oxygens (including phenoxy) is 2. The van der Waals surface area contributed by atoms with Crippen molar-refractivity contribution in [2.24, 2.45) is 5.73 Å². The summed E-state index contributed by atoms with van der Waals surface area (Å²) in [7, 11) is 1.30. The molecule has 7 heteroatoms. The van der Waals surface area contributed by atoms with Crippen LogP contribution in [-0.4, -0.2) is 50.0 Å². The molecule has 1 aliphatic rings. The summed E-state index contributed by atoms with van der Waals surface area (Å²) in [4.78, 5) is 20.6. The van der Waals surface area contributed by atoms with Crippen LogP contribution in [0.3, 0.4) is 0 Å². The number of benzene rings is 1. The topological polar surface area (TPSA) is 80.9 Å². The average molecular weight is 370 g/mol. The van der Waals surface area contributed by atoms with Gasteiger partial charge in [0.25, 0.3) is 5.72 Å². The van der Waals surface area contributed by atoms with Gasteiger partial charge in [0.15, 0.2) is 0 Å². The van der Waals surface area contributed by atoms with Gasteiger partial charge in [0, 0.05) is 56.4 Å². The van der Waals surface area contributed by atoms with Crippen molar-refractivity contribution in [3.8, 4) is 5.75 Å². The Hall–Kier alpha value is -2.80. The van der Waals surface area contributed by atoms with Crippen LogP contribution >= 0.6 is 0 Å². The minimum atomic E-state index is -1.47. The van der Waals surface area contributed by atoms with Crippen molar-refractivity contribution in [2.75, 3.05) is 43.1 Å². The van der Waals surface area contributed by atoms with Crippen LogP contribution in [0.15, 0.2) is 48.8 Å². The van der Waals surface area contributed by atoms with E-state index in [1.807, 2.05) is 48.8 Å². The number of aromatic nitrogens is 1. The smallest absolute Gasteiger partial charge is 0.365 e. The maximum Gasteiger partial charge on any atom is 0.365 e. The van der Waals surface area contributed by atoms with Gasteiger partial charge in [-0.05, 0) is 36.4 Å². The van der Waals surface area contributed by atoms with E-state index in [1.54, 1.807) is 6.92 Å². The van der Waals surface area contributed by atoms with Gasteiger partial charge in [0.2, 0.25) is 0 Å². The van der Waals surface area contributed by atoms with Crippen molar-refractivity contribution in [3.05, 3.63) is 48.8 Å². The Balaban J connectivity index is 1.60. The number of carbonyl (C=O) groups is 1. The van der Waals surface area contributed by atoms with E-state index in [1.165, 1.54) is 12.8 Å². The zero-order valence-corrected chi connectivity index (χ0v) is 15.8. The summed E-state index contributed by atoms with van der Waals surface area (Å²) in [5.74, 6) is -0.0368. The van der Waals surface area contributed by atoms with Gasteiger partial charge in [-0.3, -0.25) is 10.7 Å². The van der Waals surface area contributed by atoms with Gasteiger partial charge >= 0.3 is 5.97 Å². The molecule has 0 radical (unpaired) electrons. The first-order valence-corrected chi connectivity index (χ1v) is 9.12. The summed E-state index contributed by atoms with van der Waals surface area (Å²) in [6, 6.07) is 11.7. The van der Waals surface area contributed by atoms with Crippen LogP contribution in [0, 0.1) is 0 Å². The summed E-state index contributed by atoms with van der Waals surface area (Å²) in [6.07, 6.45) is 3.96. The zero-order valence-electron chi connectivity index (χ0n) is 15.8. The van der Waals surface area contributed by atoms with Gasteiger partial charge in [-0.2, -0.15) is 0 Å². The van der Waals surface area contributed by atoms with Gasteiger partial charge in [0.1, 0.15) is 5.75 Å². The first-order valence-electron chi connectivity index (χ1n) is 9.12. The summed E-state index contributed by atoms with van der Waals surface area (Å²) < 4.78 is 10.4. The Kier molecular flexibility index (Phi) is 5.81. The molecule has 27 heavy (non-hydrogen) atoms. The molecule has 144 valence electrons. The lowest BCUT2D eigenvalue weighted by Gasteiger charge is -2.37. The van der Waals surface area contributed by atoms with E-state index in [0.29, 0.717) is 12.2 Å². The maximum atomic E-state index is 11.8. The summed E-state index contributed by atoms with van der Waals surface area (Å²) in [6.45, 7) is 5.55. The van der Waals surface area contributed by atoms with Crippen molar-refractivity contribution < 1.29 is 14.3 Å². The second kappa shape index (κ2) is 8.26. The zero-order chi connectivity index (χ0) is 19.3. The summed E-state index contributed by atoms with van der Waals surface area (Å²) in [5, 5.41) is 0. The normalized spacial score (nSPS) is 16.6. The number of rotatable bonds is 6. The molecule has 2 aromatic rings.